The number of aromatic nitrogens is 1. The van der Waals surface area contributed by atoms with Gasteiger partial charge >= 0.3 is 0 Å². The molecule has 0 N–H and O–H groups in total. The third-order valence-electron chi connectivity index (χ3n) is 3.56. The van der Waals surface area contributed by atoms with Gasteiger partial charge in [0, 0.05) is 32.4 Å². The van der Waals surface area contributed by atoms with Crippen LogP contribution in [0.1, 0.15) is 25.7 Å². The Hall–Kier alpha value is -2.38. The Kier molecular flexibility index (Phi) is 3.36. The fraction of sp³-hybridized carbons (Fsp3) is 0.176. The molecule has 0 aliphatic heterocycles. The summed E-state index contributed by atoms with van der Waals surface area (Å²) >= 11 is 1.65. The number of nitriles is 1. The van der Waals surface area contributed by atoms with E-state index in [2.05, 4.69) is 6.07 Å². The molecule has 0 fully saturated rings. The molecule has 2 aromatic heterocycles. The highest BCUT2D eigenvalue weighted by Crippen LogP contribution is 2.23. The summed E-state index contributed by atoms with van der Waals surface area (Å²) in [6.45, 7) is 4.33. The van der Waals surface area contributed by atoms with Crippen LogP contribution < -0.4 is 0 Å². The van der Waals surface area contributed by atoms with Crippen molar-refractivity contribution >= 4 is 28.0 Å². The van der Waals surface area contributed by atoms with Crippen molar-refractivity contribution in [1.82, 2.24) is 4.57 Å². The number of benzene rings is 1. The summed E-state index contributed by atoms with van der Waals surface area (Å²) in [7, 11) is 0. The van der Waals surface area contributed by atoms with Gasteiger partial charge in [-0.05, 0) is 44.2 Å². The molecule has 104 valence electrons. The summed E-state index contributed by atoms with van der Waals surface area (Å²) in [6, 6.07) is 11.6. The molecule has 1 aromatic carbocycles. The van der Waals surface area contributed by atoms with Crippen LogP contribution in [0.25, 0.3) is 10.9 Å². The van der Waals surface area contributed by atoms with Crippen LogP contribution in [0.2, 0.25) is 0 Å². The van der Waals surface area contributed by atoms with E-state index in [-0.39, 0.29) is 5.78 Å². The van der Waals surface area contributed by atoms with Gasteiger partial charge in [-0.2, -0.15) is 5.26 Å². The van der Waals surface area contributed by atoms with E-state index in [4.69, 9.17) is 5.26 Å². The molecule has 2 heterocycles. The highest BCUT2D eigenvalue weighted by Gasteiger charge is 2.13. The monoisotopic (exact) mass is 294 g/mol. The van der Waals surface area contributed by atoms with Crippen LogP contribution in [0.3, 0.4) is 0 Å². The van der Waals surface area contributed by atoms with Crippen LogP contribution in [0.15, 0.2) is 36.5 Å². The van der Waals surface area contributed by atoms with Crippen LogP contribution in [0.5, 0.6) is 0 Å². The van der Waals surface area contributed by atoms with Gasteiger partial charge in [0.1, 0.15) is 0 Å². The summed E-state index contributed by atoms with van der Waals surface area (Å²) in [5, 5.41) is 9.91. The molecule has 3 rings (SSSR count). The lowest BCUT2D eigenvalue weighted by Gasteiger charge is -2.05. The molecule has 0 bridgehead atoms. The molecule has 0 amide bonds. The van der Waals surface area contributed by atoms with Gasteiger partial charge in [-0.1, -0.05) is 0 Å². The second-order valence-corrected chi connectivity index (χ2v) is 6.54. The number of nitrogens with zero attached hydrogens (tertiary/aromatic N) is 2. The fourth-order valence-electron chi connectivity index (χ4n) is 2.56. The Morgan fingerprint density at radius 1 is 1.29 bits per heavy atom. The van der Waals surface area contributed by atoms with E-state index in [1.165, 1.54) is 0 Å². The number of ketones is 1. The van der Waals surface area contributed by atoms with Gasteiger partial charge in [0.15, 0.2) is 5.78 Å². The molecule has 0 aliphatic carbocycles. The van der Waals surface area contributed by atoms with E-state index in [0.29, 0.717) is 12.1 Å². The van der Waals surface area contributed by atoms with Crippen LogP contribution in [0, 0.1) is 25.2 Å². The van der Waals surface area contributed by atoms with Crippen molar-refractivity contribution in [2.24, 2.45) is 0 Å². The first-order valence-electron chi connectivity index (χ1n) is 6.67. The number of rotatable bonds is 3. The molecule has 0 unspecified atom stereocenters. The molecule has 3 nitrogen and oxygen atoms in total. The molecular formula is C17H14N2OS. The van der Waals surface area contributed by atoms with Gasteiger partial charge < -0.3 is 4.57 Å². The molecule has 0 saturated carbocycles. The van der Waals surface area contributed by atoms with Crippen molar-refractivity contribution in [2.75, 3.05) is 0 Å². The van der Waals surface area contributed by atoms with E-state index >= 15 is 0 Å². The average molecular weight is 294 g/mol. The van der Waals surface area contributed by atoms with Crippen LogP contribution in [-0.2, 0) is 6.54 Å². The molecule has 0 spiro atoms. The second-order valence-electron chi connectivity index (χ2n) is 5.08. The Labute approximate surface area is 127 Å². The maximum atomic E-state index is 12.4. The zero-order valence-electron chi connectivity index (χ0n) is 11.9. The number of Topliss-reactive ketones (excluding diaryl/α,β-unsaturated/α-hetero) is 1. The summed E-state index contributed by atoms with van der Waals surface area (Å²) in [5.41, 5.74) is 2.43. The van der Waals surface area contributed by atoms with Gasteiger partial charge in [0.05, 0.1) is 18.2 Å². The van der Waals surface area contributed by atoms with Crippen LogP contribution in [-0.4, -0.2) is 10.4 Å². The molecule has 21 heavy (non-hydrogen) atoms. The molecule has 3 aromatic rings. The molecule has 0 aliphatic rings. The molecular weight excluding hydrogens is 280 g/mol. The highest BCUT2D eigenvalue weighted by atomic mass is 32.1. The minimum absolute atomic E-state index is 0.124. The van der Waals surface area contributed by atoms with Gasteiger partial charge in [0.25, 0.3) is 0 Å². The molecule has 0 atom stereocenters. The standard InChI is InChI=1S/C17H14N2OS/c1-11-7-15(12(2)21-11)17(20)10-19-6-5-14-8-13(9-18)3-4-16(14)19/h3-8H,10H2,1-2H3. The second kappa shape index (κ2) is 5.19. The predicted molar refractivity (Wildman–Crippen MR) is 84.8 cm³/mol. The van der Waals surface area contributed by atoms with E-state index < -0.39 is 0 Å². The number of carbonyl (C=O) groups is 1. The van der Waals surface area contributed by atoms with Crippen molar-refractivity contribution in [1.29, 1.82) is 5.26 Å². The maximum absolute atomic E-state index is 12.4. The number of carbonyl (C=O) groups excluding carboxylic acids is 1. The molecule has 0 radical (unpaired) electrons. The van der Waals surface area contributed by atoms with E-state index in [1.807, 2.05) is 48.9 Å². The first kappa shape index (κ1) is 13.6. The van der Waals surface area contributed by atoms with Crippen LogP contribution >= 0.6 is 11.3 Å². The Balaban J connectivity index is 1.93. The first-order valence-corrected chi connectivity index (χ1v) is 7.49. The van der Waals surface area contributed by atoms with Crippen molar-refractivity contribution in [2.45, 2.75) is 20.4 Å². The lowest BCUT2D eigenvalue weighted by atomic mass is 10.1. The summed E-state index contributed by atoms with van der Waals surface area (Å²) < 4.78 is 1.94. The van der Waals surface area contributed by atoms with E-state index in [0.717, 1.165) is 26.2 Å². The number of fused-ring (bicyclic) bond motifs is 1. The largest absolute Gasteiger partial charge is 0.340 e. The summed E-state index contributed by atoms with van der Waals surface area (Å²) in [4.78, 5) is 14.7. The normalized spacial score (nSPS) is 10.7. The van der Waals surface area contributed by atoms with Crippen molar-refractivity contribution in [3.63, 3.8) is 0 Å². The Morgan fingerprint density at radius 3 is 2.76 bits per heavy atom. The van der Waals surface area contributed by atoms with Gasteiger partial charge in [0.2, 0.25) is 0 Å². The topological polar surface area (TPSA) is 45.8 Å². The third kappa shape index (κ3) is 2.48. The number of hydrogen-bond donors (Lipinski definition) is 0. The molecule has 0 saturated heterocycles. The smallest absolute Gasteiger partial charge is 0.183 e. The zero-order valence-corrected chi connectivity index (χ0v) is 12.7. The fourth-order valence-corrected chi connectivity index (χ4v) is 3.50. The Morgan fingerprint density at radius 2 is 2.10 bits per heavy atom. The lowest BCUT2D eigenvalue weighted by molar-refractivity contribution is 0.0973. The van der Waals surface area contributed by atoms with E-state index in [9.17, 15) is 4.79 Å². The maximum Gasteiger partial charge on any atom is 0.183 e. The van der Waals surface area contributed by atoms with Gasteiger partial charge in [-0.15, -0.1) is 11.3 Å². The van der Waals surface area contributed by atoms with Crippen molar-refractivity contribution in [3.05, 3.63) is 57.4 Å². The van der Waals surface area contributed by atoms with Gasteiger partial charge in [-0.25, -0.2) is 0 Å². The number of aryl methyl sites for hydroxylation is 2. The average Bonchev–Trinajstić information content (AvgIpc) is 3.01. The lowest BCUT2D eigenvalue weighted by Crippen LogP contribution is -2.09. The molecule has 4 heteroatoms. The first-order chi connectivity index (χ1) is 10.1. The van der Waals surface area contributed by atoms with Crippen molar-refractivity contribution in [3.8, 4) is 6.07 Å². The number of thiophene rings is 1. The third-order valence-corrected chi connectivity index (χ3v) is 4.52. The van der Waals surface area contributed by atoms with Crippen molar-refractivity contribution < 1.29 is 4.79 Å². The van der Waals surface area contributed by atoms with Crippen LogP contribution in [0.4, 0.5) is 0 Å². The highest BCUT2D eigenvalue weighted by molar-refractivity contribution is 7.12. The zero-order chi connectivity index (χ0) is 15.0. The van der Waals surface area contributed by atoms with E-state index in [1.54, 1.807) is 17.4 Å². The number of hydrogen-bond acceptors (Lipinski definition) is 3. The minimum Gasteiger partial charge on any atom is -0.340 e. The van der Waals surface area contributed by atoms with Gasteiger partial charge in [-0.3, -0.25) is 4.79 Å². The quantitative estimate of drug-likeness (QED) is 0.683. The predicted octanol–water partition coefficient (Wildman–Crippen LogP) is 4.07. The summed E-state index contributed by atoms with van der Waals surface area (Å²) in [5.74, 6) is 0.124. The Bertz CT molecular complexity index is 880. The SMILES string of the molecule is Cc1cc(C(=O)Cn2ccc3cc(C#N)ccc32)c(C)s1. The minimum atomic E-state index is 0.124. The summed E-state index contributed by atoms with van der Waals surface area (Å²) in [6.07, 6.45) is 1.90.